The zero-order valence-electron chi connectivity index (χ0n) is 12.3. The van der Waals surface area contributed by atoms with Crippen molar-refractivity contribution in [2.24, 2.45) is 11.8 Å². The lowest BCUT2D eigenvalue weighted by atomic mass is 9.86. The van der Waals surface area contributed by atoms with Gasteiger partial charge in [-0.05, 0) is 58.0 Å². The lowest BCUT2D eigenvalue weighted by molar-refractivity contribution is -0.136. The molecule has 1 aliphatic heterocycles. The molecule has 2 aliphatic rings. The number of carbonyl (C=O) groups excluding carboxylic acids is 1. The van der Waals surface area contributed by atoms with Gasteiger partial charge in [-0.1, -0.05) is 0 Å². The van der Waals surface area contributed by atoms with Crippen LogP contribution < -0.4 is 0 Å². The van der Waals surface area contributed by atoms with Gasteiger partial charge in [-0.2, -0.15) is 0 Å². The summed E-state index contributed by atoms with van der Waals surface area (Å²) < 4.78 is 0. The van der Waals surface area contributed by atoms with Gasteiger partial charge in [0, 0.05) is 26.1 Å². The summed E-state index contributed by atoms with van der Waals surface area (Å²) in [6.45, 7) is 3.26. The van der Waals surface area contributed by atoms with Crippen LogP contribution in [-0.4, -0.2) is 60.6 Å². The maximum absolute atomic E-state index is 12.3. The van der Waals surface area contributed by atoms with Gasteiger partial charge < -0.3 is 14.9 Å². The number of carbonyl (C=O) groups is 1. The van der Waals surface area contributed by atoms with Gasteiger partial charge in [0.1, 0.15) is 0 Å². The predicted octanol–water partition coefficient (Wildman–Crippen LogP) is 1.34. The summed E-state index contributed by atoms with van der Waals surface area (Å²) in [6.07, 6.45) is 5.52. The van der Waals surface area contributed by atoms with Crippen molar-refractivity contribution in [2.75, 3.05) is 33.7 Å². The van der Waals surface area contributed by atoms with Gasteiger partial charge in [0.25, 0.3) is 0 Å². The summed E-state index contributed by atoms with van der Waals surface area (Å²) in [7, 11) is 4.11. The maximum Gasteiger partial charge on any atom is 0.225 e. The summed E-state index contributed by atoms with van der Waals surface area (Å²) in [5.41, 5.74) is 0. The average molecular weight is 268 g/mol. The Kier molecular flexibility index (Phi) is 5.22. The third-order valence-corrected chi connectivity index (χ3v) is 4.78. The van der Waals surface area contributed by atoms with Crippen molar-refractivity contribution in [2.45, 2.75) is 44.6 Å². The molecule has 0 spiro atoms. The lowest BCUT2D eigenvalue weighted by Crippen LogP contribution is -2.36. The fourth-order valence-electron chi connectivity index (χ4n) is 3.38. The fraction of sp³-hybridized carbons (Fsp3) is 0.933. The molecule has 4 nitrogen and oxygen atoms in total. The van der Waals surface area contributed by atoms with Gasteiger partial charge in [-0.25, -0.2) is 0 Å². The first-order chi connectivity index (χ1) is 9.06. The van der Waals surface area contributed by atoms with Gasteiger partial charge in [-0.15, -0.1) is 0 Å². The Hall–Kier alpha value is -0.610. The fourth-order valence-corrected chi connectivity index (χ4v) is 3.38. The molecule has 1 saturated carbocycles. The van der Waals surface area contributed by atoms with Crippen LogP contribution >= 0.6 is 0 Å². The van der Waals surface area contributed by atoms with Gasteiger partial charge in [-0.3, -0.25) is 4.79 Å². The smallest absolute Gasteiger partial charge is 0.225 e. The molecule has 0 aromatic rings. The van der Waals surface area contributed by atoms with Crippen LogP contribution in [0.25, 0.3) is 0 Å². The van der Waals surface area contributed by atoms with Gasteiger partial charge >= 0.3 is 0 Å². The highest BCUT2D eigenvalue weighted by Crippen LogP contribution is 2.26. The molecule has 1 saturated heterocycles. The molecule has 1 unspecified atom stereocenters. The molecule has 2 fully saturated rings. The van der Waals surface area contributed by atoms with Crippen LogP contribution in [0.15, 0.2) is 0 Å². The first kappa shape index (κ1) is 14.8. The molecule has 0 aromatic heterocycles. The second-order valence-corrected chi connectivity index (χ2v) is 6.47. The molecular formula is C15H28N2O2. The number of amides is 1. The lowest BCUT2D eigenvalue weighted by Gasteiger charge is -2.29. The van der Waals surface area contributed by atoms with E-state index in [1.54, 1.807) is 0 Å². The Balaban J connectivity index is 1.70. The largest absolute Gasteiger partial charge is 0.393 e. The van der Waals surface area contributed by atoms with E-state index in [-0.39, 0.29) is 12.0 Å². The third kappa shape index (κ3) is 4.18. The van der Waals surface area contributed by atoms with Crippen molar-refractivity contribution in [1.29, 1.82) is 0 Å². The van der Waals surface area contributed by atoms with E-state index in [1.807, 2.05) is 11.9 Å². The molecule has 1 N–H and O–H groups in total. The molecule has 1 heterocycles. The number of hydrogen-bond donors (Lipinski definition) is 1. The number of hydrogen-bond acceptors (Lipinski definition) is 3. The van der Waals surface area contributed by atoms with Crippen molar-refractivity contribution >= 4 is 5.91 Å². The molecule has 1 atom stereocenters. The van der Waals surface area contributed by atoms with Gasteiger partial charge in [0.15, 0.2) is 0 Å². The van der Waals surface area contributed by atoms with Crippen LogP contribution in [0.1, 0.15) is 38.5 Å². The minimum Gasteiger partial charge on any atom is -0.393 e. The normalized spacial score (nSPS) is 32.5. The Morgan fingerprint density at radius 2 is 1.95 bits per heavy atom. The SMILES string of the molecule is CN1CCC(CCN(C)C(=O)C2CCC(O)CC2)C1. The quantitative estimate of drug-likeness (QED) is 0.837. The van der Waals surface area contributed by atoms with Crippen LogP contribution in [0.2, 0.25) is 0 Å². The molecule has 2 rings (SSSR count). The number of nitrogens with zero attached hydrogens (tertiary/aromatic N) is 2. The minimum atomic E-state index is -0.177. The van der Waals surface area contributed by atoms with E-state index in [0.717, 1.165) is 44.6 Å². The van der Waals surface area contributed by atoms with Crippen LogP contribution in [0.3, 0.4) is 0 Å². The topological polar surface area (TPSA) is 43.8 Å². The maximum atomic E-state index is 12.3. The summed E-state index contributed by atoms with van der Waals surface area (Å²) in [4.78, 5) is 16.6. The molecular weight excluding hydrogens is 240 g/mol. The van der Waals surface area contributed by atoms with Gasteiger partial charge in [0.05, 0.1) is 6.10 Å². The van der Waals surface area contributed by atoms with E-state index in [9.17, 15) is 9.90 Å². The Bertz CT molecular complexity index is 301. The molecule has 110 valence electrons. The highest BCUT2D eigenvalue weighted by Gasteiger charge is 2.28. The zero-order valence-corrected chi connectivity index (χ0v) is 12.3. The highest BCUT2D eigenvalue weighted by molar-refractivity contribution is 5.78. The van der Waals surface area contributed by atoms with E-state index < -0.39 is 0 Å². The van der Waals surface area contributed by atoms with E-state index in [1.165, 1.54) is 19.5 Å². The Morgan fingerprint density at radius 1 is 1.26 bits per heavy atom. The second-order valence-electron chi connectivity index (χ2n) is 6.47. The molecule has 4 heteroatoms. The van der Waals surface area contributed by atoms with Crippen LogP contribution in [0.4, 0.5) is 0 Å². The van der Waals surface area contributed by atoms with Crippen LogP contribution in [0, 0.1) is 11.8 Å². The molecule has 0 radical (unpaired) electrons. The van der Waals surface area contributed by atoms with Gasteiger partial charge in [0.2, 0.25) is 5.91 Å². The second kappa shape index (κ2) is 6.71. The van der Waals surface area contributed by atoms with Crippen molar-refractivity contribution in [1.82, 2.24) is 9.80 Å². The highest BCUT2D eigenvalue weighted by atomic mass is 16.3. The number of aliphatic hydroxyl groups excluding tert-OH is 1. The number of likely N-dealkylation sites (tertiary alicyclic amines) is 1. The first-order valence-corrected chi connectivity index (χ1v) is 7.68. The zero-order chi connectivity index (χ0) is 13.8. The minimum absolute atomic E-state index is 0.152. The third-order valence-electron chi connectivity index (χ3n) is 4.78. The Morgan fingerprint density at radius 3 is 2.53 bits per heavy atom. The van der Waals surface area contributed by atoms with Crippen LogP contribution in [-0.2, 0) is 4.79 Å². The van der Waals surface area contributed by atoms with E-state index >= 15 is 0 Å². The average Bonchev–Trinajstić information content (AvgIpc) is 2.82. The van der Waals surface area contributed by atoms with Crippen LogP contribution in [0.5, 0.6) is 0 Å². The molecule has 19 heavy (non-hydrogen) atoms. The van der Waals surface area contributed by atoms with Crippen molar-refractivity contribution < 1.29 is 9.90 Å². The molecule has 1 amide bonds. The van der Waals surface area contributed by atoms with E-state index in [2.05, 4.69) is 11.9 Å². The Labute approximate surface area is 116 Å². The molecule has 0 bridgehead atoms. The molecule has 1 aliphatic carbocycles. The summed E-state index contributed by atoms with van der Waals surface area (Å²) in [6, 6.07) is 0. The molecule has 0 aromatic carbocycles. The summed E-state index contributed by atoms with van der Waals surface area (Å²) in [5, 5.41) is 9.49. The standard InChI is InChI=1S/C15H28N2O2/c1-16-9-7-12(11-16)8-10-17(2)15(19)13-3-5-14(18)6-4-13/h12-14,18H,3-11H2,1-2H3. The van der Waals surface area contributed by atoms with E-state index in [4.69, 9.17) is 0 Å². The number of rotatable bonds is 4. The number of aliphatic hydroxyl groups is 1. The van der Waals surface area contributed by atoms with Crippen molar-refractivity contribution in [3.63, 3.8) is 0 Å². The van der Waals surface area contributed by atoms with Crippen molar-refractivity contribution in [3.8, 4) is 0 Å². The first-order valence-electron chi connectivity index (χ1n) is 7.68. The van der Waals surface area contributed by atoms with Crippen molar-refractivity contribution in [3.05, 3.63) is 0 Å². The summed E-state index contributed by atoms with van der Waals surface area (Å²) >= 11 is 0. The summed E-state index contributed by atoms with van der Waals surface area (Å²) in [5.74, 6) is 1.20. The predicted molar refractivity (Wildman–Crippen MR) is 75.8 cm³/mol. The van der Waals surface area contributed by atoms with E-state index in [0.29, 0.717) is 5.91 Å². The monoisotopic (exact) mass is 268 g/mol.